The van der Waals surface area contributed by atoms with E-state index in [1.165, 1.54) is 0 Å². The van der Waals surface area contributed by atoms with Gasteiger partial charge in [0.05, 0.1) is 31.4 Å². The normalized spacial score (nSPS) is 20.9. The van der Waals surface area contributed by atoms with Crippen molar-refractivity contribution < 1.29 is 24.2 Å². The molecule has 33 heavy (non-hydrogen) atoms. The van der Waals surface area contributed by atoms with Crippen LogP contribution in [0.5, 0.6) is 5.75 Å². The molecule has 0 unspecified atom stereocenters. The zero-order valence-electron chi connectivity index (χ0n) is 18.9. The third-order valence-corrected chi connectivity index (χ3v) is 6.02. The number of Topliss-reactive ketones (excluding diaryl/α,β-unsaturated/α-hetero) is 1. The van der Waals surface area contributed by atoms with Gasteiger partial charge in [0.2, 0.25) is 0 Å². The van der Waals surface area contributed by atoms with E-state index < -0.39 is 17.7 Å². The number of carbonyl (C=O) groups excluding carboxylic acids is 2. The molecule has 1 atom stereocenters. The van der Waals surface area contributed by atoms with Crippen molar-refractivity contribution in [3.05, 3.63) is 71.3 Å². The summed E-state index contributed by atoms with van der Waals surface area (Å²) in [5.41, 5.74) is 1.39. The summed E-state index contributed by atoms with van der Waals surface area (Å²) in [6, 6.07) is 15.7. The van der Waals surface area contributed by atoms with E-state index in [0.717, 1.165) is 25.1 Å². The molecule has 174 valence electrons. The van der Waals surface area contributed by atoms with Crippen LogP contribution >= 0.6 is 0 Å². The molecule has 7 nitrogen and oxygen atoms in total. The highest BCUT2D eigenvalue weighted by molar-refractivity contribution is 6.46. The van der Waals surface area contributed by atoms with Gasteiger partial charge in [-0.05, 0) is 36.2 Å². The van der Waals surface area contributed by atoms with Gasteiger partial charge in [-0.15, -0.1) is 0 Å². The first kappa shape index (κ1) is 23.0. The number of morpholine rings is 1. The van der Waals surface area contributed by atoms with Gasteiger partial charge in [0.15, 0.2) is 0 Å². The van der Waals surface area contributed by atoms with Crippen LogP contribution < -0.4 is 4.74 Å². The predicted molar refractivity (Wildman–Crippen MR) is 125 cm³/mol. The Hall–Kier alpha value is -3.16. The third-order valence-electron chi connectivity index (χ3n) is 6.02. The number of rotatable bonds is 8. The Kier molecular flexibility index (Phi) is 7.42. The topological polar surface area (TPSA) is 79.3 Å². The maximum absolute atomic E-state index is 13.1. The molecule has 0 aromatic heterocycles. The number of ether oxygens (including phenoxy) is 2. The van der Waals surface area contributed by atoms with Crippen molar-refractivity contribution in [2.45, 2.75) is 19.4 Å². The smallest absolute Gasteiger partial charge is 0.295 e. The SMILES string of the molecule is CCCOc1ccc(C(O)=C2C(=O)C(=O)N(CCN3CCOCC3)[C@H]2c2ccccc2)cc1. The van der Waals surface area contributed by atoms with Crippen LogP contribution in [0, 0.1) is 0 Å². The van der Waals surface area contributed by atoms with Crippen LogP contribution in [0.2, 0.25) is 0 Å². The highest BCUT2D eigenvalue weighted by atomic mass is 16.5. The second-order valence-electron chi connectivity index (χ2n) is 8.23. The lowest BCUT2D eigenvalue weighted by Crippen LogP contribution is -2.42. The maximum atomic E-state index is 13.1. The molecule has 7 heteroatoms. The fraction of sp³-hybridized carbons (Fsp3) is 0.385. The van der Waals surface area contributed by atoms with E-state index in [-0.39, 0.29) is 11.3 Å². The molecule has 2 heterocycles. The Labute approximate surface area is 194 Å². The molecule has 2 aliphatic heterocycles. The van der Waals surface area contributed by atoms with Gasteiger partial charge in [0.25, 0.3) is 11.7 Å². The Morgan fingerprint density at radius 3 is 2.39 bits per heavy atom. The Bertz CT molecular complexity index is 997. The van der Waals surface area contributed by atoms with E-state index in [2.05, 4.69) is 4.90 Å². The first-order valence-corrected chi connectivity index (χ1v) is 11.5. The first-order valence-electron chi connectivity index (χ1n) is 11.5. The van der Waals surface area contributed by atoms with Gasteiger partial charge >= 0.3 is 0 Å². The summed E-state index contributed by atoms with van der Waals surface area (Å²) in [6.45, 7) is 6.60. The second-order valence-corrected chi connectivity index (χ2v) is 8.23. The molecule has 0 radical (unpaired) electrons. The molecule has 0 saturated carbocycles. The molecular weight excluding hydrogens is 420 g/mol. The lowest BCUT2D eigenvalue weighted by molar-refractivity contribution is -0.140. The summed E-state index contributed by atoms with van der Waals surface area (Å²) in [7, 11) is 0. The molecule has 0 bridgehead atoms. The number of carbonyl (C=O) groups is 2. The minimum absolute atomic E-state index is 0.121. The van der Waals surface area contributed by atoms with Gasteiger partial charge in [0, 0.05) is 31.7 Å². The van der Waals surface area contributed by atoms with Crippen molar-refractivity contribution >= 4 is 17.4 Å². The minimum Gasteiger partial charge on any atom is -0.507 e. The van der Waals surface area contributed by atoms with Gasteiger partial charge in [-0.3, -0.25) is 14.5 Å². The van der Waals surface area contributed by atoms with Crippen LogP contribution in [0.15, 0.2) is 60.2 Å². The molecule has 2 aliphatic rings. The van der Waals surface area contributed by atoms with Crippen molar-refractivity contribution in [1.82, 2.24) is 9.80 Å². The summed E-state index contributed by atoms with van der Waals surface area (Å²) in [6.07, 6.45) is 0.896. The van der Waals surface area contributed by atoms with Gasteiger partial charge in [-0.25, -0.2) is 0 Å². The Morgan fingerprint density at radius 1 is 1.03 bits per heavy atom. The number of likely N-dealkylation sites (tertiary alicyclic amines) is 1. The second kappa shape index (κ2) is 10.6. The fourth-order valence-electron chi connectivity index (χ4n) is 4.25. The number of hydrogen-bond donors (Lipinski definition) is 1. The van der Waals surface area contributed by atoms with Crippen LogP contribution in [0.25, 0.3) is 5.76 Å². The highest BCUT2D eigenvalue weighted by Gasteiger charge is 2.45. The maximum Gasteiger partial charge on any atom is 0.295 e. The van der Waals surface area contributed by atoms with Gasteiger partial charge in [-0.2, -0.15) is 0 Å². The molecular formula is C26H30N2O5. The van der Waals surface area contributed by atoms with E-state index in [1.54, 1.807) is 29.2 Å². The molecule has 2 aromatic carbocycles. The van der Waals surface area contributed by atoms with E-state index in [9.17, 15) is 14.7 Å². The quantitative estimate of drug-likeness (QED) is 0.378. The number of amides is 1. The van der Waals surface area contributed by atoms with Gasteiger partial charge in [-0.1, -0.05) is 37.3 Å². The zero-order chi connectivity index (χ0) is 23.2. The number of aliphatic hydroxyl groups is 1. The number of nitrogens with zero attached hydrogens (tertiary/aromatic N) is 2. The first-order chi connectivity index (χ1) is 16.1. The van der Waals surface area contributed by atoms with Crippen molar-refractivity contribution in [1.29, 1.82) is 0 Å². The fourth-order valence-corrected chi connectivity index (χ4v) is 4.25. The summed E-state index contributed by atoms with van der Waals surface area (Å²) < 4.78 is 11.0. The van der Waals surface area contributed by atoms with Gasteiger partial charge in [0.1, 0.15) is 11.5 Å². The van der Waals surface area contributed by atoms with Crippen LogP contribution in [0.1, 0.15) is 30.5 Å². The average Bonchev–Trinajstić information content (AvgIpc) is 3.12. The Morgan fingerprint density at radius 2 is 1.73 bits per heavy atom. The van der Waals surface area contributed by atoms with E-state index in [0.29, 0.717) is 44.2 Å². The molecule has 0 spiro atoms. The van der Waals surface area contributed by atoms with Gasteiger partial charge < -0.3 is 19.5 Å². The van der Waals surface area contributed by atoms with E-state index in [1.807, 2.05) is 37.3 Å². The molecule has 1 N–H and O–H groups in total. The lowest BCUT2D eigenvalue weighted by atomic mass is 9.95. The lowest BCUT2D eigenvalue weighted by Gasteiger charge is -2.31. The summed E-state index contributed by atoms with van der Waals surface area (Å²) in [4.78, 5) is 30.0. The number of ketones is 1. The molecule has 2 aromatic rings. The number of hydrogen-bond acceptors (Lipinski definition) is 6. The van der Waals surface area contributed by atoms with Crippen LogP contribution in [0.4, 0.5) is 0 Å². The van der Waals surface area contributed by atoms with Crippen LogP contribution in [-0.4, -0.2) is 72.6 Å². The van der Waals surface area contributed by atoms with Crippen LogP contribution in [0.3, 0.4) is 0 Å². The van der Waals surface area contributed by atoms with Crippen molar-refractivity contribution in [2.24, 2.45) is 0 Å². The predicted octanol–water partition coefficient (Wildman–Crippen LogP) is 3.23. The summed E-state index contributed by atoms with van der Waals surface area (Å²) >= 11 is 0. The highest BCUT2D eigenvalue weighted by Crippen LogP contribution is 2.39. The standard InChI is InChI=1S/C26H30N2O5/c1-2-16-33-21-10-8-20(9-11-21)24(29)22-23(19-6-4-3-5-7-19)28(26(31)25(22)30)13-12-27-14-17-32-18-15-27/h3-11,23,29H,2,12-18H2,1H3/t23-/m0/s1. The molecule has 2 fully saturated rings. The summed E-state index contributed by atoms with van der Waals surface area (Å²) in [5.74, 6) is -0.715. The third kappa shape index (κ3) is 5.10. The minimum atomic E-state index is -0.658. The number of benzene rings is 2. The molecule has 1 amide bonds. The Balaban J connectivity index is 1.66. The number of aliphatic hydroxyl groups excluding tert-OH is 1. The van der Waals surface area contributed by atoms with Crippen molar-refractivity contribution in [3.63, 3.8) is 0 Å². The molecule has 2 saturated heterocycles. The average molecular weight is 451 g/mol. The van der Waals surface area contributed by atoms with E-state index >= 15 is 0 Å². The van der Waals surface area contributed by atoms with Crippen molar-refractivity contribution in [2.75, 3.05) is 46.0 Å². The zero-order valence-corrected chi connectivity index (χ0v) is 18.9. The molecule has 4 rings (SSSR count). The summed E-state index contributed by atoms with van der Waals surface area (Å²) in [5, 5.41) is 11.2. The van der Waals surface area contributed by atoms with E-state index in [4.69, 9.17) is 9.47 Å². The van der Waals surface area contributed by atoms with Crippen LogP contribution in [-0.2, 0) is 14.3 Å². The molecule has 0 aliphatic carbocycles. The van der Waals surface area contributed by atoms with Crippen molar-refractivity contribution in [3.8, 4) is 5.75 Å². The largest absolute Gasteiger partial charge is 0.507 e. The monoisotopic (exact) mass is 450 g/mol.